The predicted octanol–water partition coefficient (Wildman–Crippen LogP) is 2.17. The first-order valence-electron chi connectivity index (χ1n) is 6.98. The molecule has 5 nitrogen and oxygen atoms in total. The molecule has 1 fully saturated rings. The molecule has 2 aliphatic rings. The van der Waals surface area contributed by atoms with Crippen LogP contribution in [0.25, 0.3) is 0 Å². The van der Waals surface area contributed by atoms with E-state index >= 15 is 0 Å². The third-order valence-electron chi connectivity index (χ3n) is 3.97. The Morgan fingerprint density at radius 2 is 2.20 bits per heavy atom. The van der Waals surface area contributed by atoms with E-state index in [1.165, 1.54) is 0 Å². The summed E-state index contributed by atoms with van der Waals surface area (Å²) < 4.78 is 5.67. The van der Waals surface area contributed by atoms with Gasteiger partial charge in [-0.15, -0.1) is 0 Å². The van der Waals surface area contributed by atoms with Crippen LogP contribution in [0, 0.1) is 0 Å². The van der Waals surface area contributed by atoms with Crippen molar-refractivity contribution in [3.8, 4) is 0 Å². The quantitative estimate of drug-likeness (QED) is 0.630. The number of fused-ring (bicyclic) bond motifs is 1. The van der Waals surface area contributed by atoms with Crippen molar-refractivity contribution in [3.63, 3.8) is 0 Å². The molecule has 0 radical (unpaired) electrons. The summed E-state index contributed by atoms with van der Waals surface area (Å²) in [6.07, 6.45) is 2.07. The van der Waals surface area contributed by atoms with Gasteiger partial charge < -0.3 is 14.8 Å². The molecule has 1 amide bonds. The molecule has 0 aliphatic carbocycles. The molecule has 2 aliphatic heterocycles. The molecular weight excluding hydrogens is 256 g/mol. The highest BCUT2D eigenvalue weighted by atomic mass is 16.5. The van der Waals surface area contributed by atoms with Crippen LogP contribution in [0.2, 0.25) is 0 Å². The zero-order valence-corrected chi connectivity index (χ0v) is 11.5. The van der Waals surface area contributed by atoms with Crippen LogP contribution in [0.4, 0.5) is 5.69 Å². The number of nitrogens with zero attached hydrogens (tertiary/aromatic N) is 2. The van der Waals surface area contributed by atoms with Gasteiger partial charge in [-0.1, -0.05) is 23.4 Å². The van der Waals surface area contributed by atoms with Crippen LogP contribution in [-0.4, -0.2) is 35.6 Å². The average molecular weight is 274 g/mol. The molecule has 0 saturated carbocycles. The third-order valence-corrected chi connectivity index (χ3v) is 3.97. The lowest BCUT2D eigenvalue weighted by atomic mass is 9.99. The summed E-state index contributed by atoms with van der Waals surface area (Å²) in [6.45, 7) is 2.53. The summed E-state index contributed by atoms with van der Waals surface area (Å²) in [5, 5.41) is 12.4. The number of ether oxygens (including phenoxy) is 1. The molecule has 106 valence electrons. The Labute approximate surface area is 117 Å². The normalized spacial score (nSPS) is 27.6. The molecule has 1 N–H and O–H groups in total. The number of benzene rings is 1. The van der Waals surface area contributed by atoms with Crippen LogP contribution in [-0.2, 0) is 9.53 Å². The van der Waals surface area contributed by atoms with Crippen molar-refractivity contribution < 1.29 is 14.7 Å². The highest BCUT2D eigenvalue weighted by molar-refractivity contribution is 6.11. The number of carbonyl (C=O) groups excluding carboxylic acids is 1. The molecule has 3 rings (SSSR count). The van der Waals surface area contributed by atoms with Gasteiger partial charge in [0.05, 0.1) is 17.5 Å². The van der Waals surface area contributed by atoms with Gasteiger partial charge in [-0.05, 0) is 25.8 Å². The van der Waals surface area contributed by atoms with E-state index in [0.717, 1.165) is 24.1 Å². The van der Waals surface area contributed by atoms with Crippen LogP contribution < -0.4 is 4.90 Å². The zero-order chi connectivity index (χ0) is 14.1. The van der Waals surface area contributed by atoms with Gasteiger partial charge in [0.2, 0.25) is 0 Å². The molecule has 5 heteroatoms. The highest BCUT2D eigenvalue weighted by Gasteiger charge is 2.35. The standard InChI is InChI=1S/C15H18N2O3/c1-10-6-7-14(20-10)15(18)17-9-8-12(16-19)11-4-2-3-5-13(11)17/h2-5,10,14,19H,6-9H2,1H3/b16-12-. The van der Waals surface area contributed by atoms with Crippen LogP contribution >= 0.6 is 0 Å². The minimum absolute atomic E-state index is 0.0128. The van der Waals surface area contributed by atoms with E-state index in [4.69, 9.17) is 9.94 Å². The van der Waals surface area contributed by atoms with Gasteiger partial charge in [0.25, 0.3) is 5.91 Å². The molecule has 0 bridgehead atoms. The van der Waals surface area contributed by atoms with Gasteiger partial charge in [0, 0.05) is 18.5 Å². The number of rotatable bonds is 1. The number of carbonyl (C=O) groups is 1. The Bertz CT molecular complexity index is 556. The molecule has 20 heavy (non-hydrogen) atoms. The monoisotopic (exact) mass is 274 g/mol. The van der Waals surface area contributed by atoms with Gasteiger partial charge in [-0.2, -0.15) is 0 Å². The van der Waals surface area contributed by atoms with E-state index in [1.807, 2.05) is 31.2 Å². The maximum atomic E-state index is 12.6. The number of hydrogen-bond donors (Lipinski definition) is 1. The Kier molecular flexibility index (Phi) is 3.44. The van der Waals surface area contributed by atoms with Gasteiger partial charge in [0.1, 0.15) is 6.10 Å². The van der Waals surface area contributed by atoms with E-state index in [2.05, 4.69) is 5.16 Å². The lowest BCUT2D eigenvalue weighted by Crippen LogP contribution is -2.43. The maximum absolute atomic E-state index is 12.6. The van der Waals surface area contributed by atoms with E-state index in [-0.39, 0.29) is 18.1 Å². The second-order valence-corrected chi connectivity index (χ2v) is 5.32. The Morgan fingerprint density at radius 1 is 1.40 bits per heavy atom. The van der Waals surface area contributed by atoms with Crippen LogP contribution in [0.3, 0.4) is 0 Å². The second-order valence-electron chi connectivity index (χ2n) is 5.32. The van der Waals surface area contributed by atoms with E-state index in [1.54, 1.807) is 4.90 Å². The van der Waals surface area contributed by atoms with E-state index in [0.29, 0.717) is 18.7 Å². The van der Waals surface area contributed by atoms with Crippen molar-refractivity contribution in [1.82, 2.24) is 0 Å². The molecule has 2 unspecified atom stereocenters. The molecule has 2 atom stereocenters. The van der Waals surface area contributed by atoms with Crippen LogP contribution in [0.5, 0.6) is 0 Å². The molecule has 2 heterocycles. The minimum atomic E-state index is -0.342. The number of oxime groups is 1. The Hall–Kier alpha value is -1.88. The van der Waals surface area contributed by atoms with Crippen LogP contribution in [0.1, 0.15) is 31.7 Å². The molecule has 1 aromatic carbocycles. The molecule has 1 aromatic rings. The molecular formula is C15H18N2O3. The van der Waals surface area contributed by atoms with E-state index < -0.39 is 0 Å². The van der Waals surface area contributed by atoms with Crippen molar-refractivity contribution in [3.05, 3.63) is 29.8 Å². The van der Waals surface area contributed by atoms with Crippen molar-refractivity contribution in [1.29, 1.82) is 0 Å². The fraction of sp³-hybridized carbons (Fsp3) is 0.467. The fourth-order valence-corrected chi connectivity index (χ4v) is 2.92. The lowest BCUT2D eigenvalue weighted by molar-refractivity contribution is -0.129. The molecule has 1 saturated heterocycles. The largest absolute Gasteiger partial charge is 0.411 e. The highest BCUT2D eigenvalue weighted by Crippen LogP contribution is 2.30. The predicted molar refractivity (Wildman–Crippen MR) is 75.3 cm³/mol. The van der Waals surface area contributed by atoms with Crippen molar-refractivity contribution in [2.45, 2.75) is 38.4 Å². The fourth-order valence-electron chi connectivity index (χ4n) is 2.92. The first kappa shape index (κ1) is 13.1. The van der Waals surface area contributed by atoms with Gasteiger partial charge in [-0.3, -0.25) is 4.79 Å². The van der Waals surface area contributed by atoms with Gasteiger partial charge in [-0.25, -0.2) is 0 Å². The zero-order valence-electron chi connectivity index (χ0n) is 11.5. The van der Waals surface area contributed by atoms with Crippen molar-refractivity contribution >= 4 is 17.3 Å². The summed E-state index contributed by atoms with van der Waals surface area (Å²) in [6, 6.07) is 7.53. The SMILES string of the molecule is CC1CCC(C(=O)N2CC/C(=N/O)c3ccccc32)O1. The third kappa shape index (κ3) is 2.18. The summed E-state index contributed by atoms with van der Waals surface area (Å²) in [4.78, 5) is 14.4. The van der Waals surface area contributed by atoms with Crippen molar-refractivity contribution in [2.24, 2.45) is 5.16 Å². The lowest BCUT2D eigenvalue weighted by Gasteiger charge is -2.31. The molecule has 0 spiro atoms. The first-order valence-corrected chi connectivity index (χ1v) is 6.98. The number of para-hydroxylation sites is 1. The number of amides is 1. The van der Waals surface area contributed by atoms with Gasteiger partial charge >= 0.3 is 0 Å². The first-order chi connectivity index (χ1) is 9.70. The smallest absolute Gasteiger partial charge is 0.256 e. The van der Waals surface area contributed by atoms with Crippen LogP contribution in [0.15, 0.2) is 29.4 Å². The van der Waals surface area contributed by atoms with E-state index in [9.17, 15) is 4.79 Å². The van der Waals surface area contributed by atoms with Gasteiger partial charge in [0.15, 0.2) is 0 Å². The summed E-state index contributed by atoms with van der Waals surface area (Å²) in [5.74, 6) is 0.0128. The topological polar surface area (TPSA) is 62.1 Å². The number of hydrogen-bond acceptors (Lipinski definition) is 4. The summed E-state index contributed by atoms with van der Waals surface area (Å²) in [5.41, 5.74) is 2.26. The summed E-state index contributed by atoms with van der Waals surface area (Å²) in [7, 11) is 0. The maximum Gasteiger partial charge on any atom is 0.256 e. The Morgan fingerprint density at radius 3 is 2.90 bits per heavy atom. The number of anilines is 1. The Balaban J connectivity index is 1.90. The summed E-state index contributed by atoms with van der Waals surface area (Å²) >= 11 is 0. The second kappa shape index (κ2) is 5.25. The average Bonchev–Trinajstić information content (AvgIpc) is 2.92. The molecule has 0 aromatic heterocycles. The minimum Gasteiger partial charge on any atom is -0.411 e. The van der Waals surface area contributed by atoms with Crippen molar-refractivity contribution in [2.75, 3.05) is 11.4 Å².